The van der Waals surface area contributed by atoms with Gasteiger partial charge in [0.15, 0.2) is 10.8 Å². The molecule has 2 heterocycles. The Morgan fingerprint density at radius 1 is 1.21 bits per heavy atom. The topological polar surface area (TPSA) is 106 Å². The maximum absolute atomic E-state index is 12.6. The molecule has 0 aliphatic rings. The number of nitrogens with zero attached hydrogens (tertiary/aromatic N) is 2. The van der Waals surface area contributed by atoms with Gasteiger partial charge in [-0.3, -0.25) is 15.2 Å². The molecule has 9 heteroatoms. The summed E-state index contributed by atoms with van der Waals surface area (Å²) in [4.78, 5) is 29.5. The highest BCUT2D eigenvalue weighted by Crippen LogP contribution is 2.31. The van der Waals surface area contributed by atoms with E-state index in [-0.39, 0.29) is 17.3 Å². The normalized spacial score (nSPS) is 10.8. The number of carbonyl (C=O) groups is 2. The van der Waals surface area contributed by atoms with Crippen molar-refractivity contribution in [2.24, 2.45) is 0 Å². The summed E-state index contributed by atoms with van der Waals surface area (Å²) in [7, 11) is 2.88. The number of anilines is 1. The first kappa shape index (κ1) is 19.6. The van der Waals surface area contributed by atoms with Gasteiger partial charge in [0.25, 0.3) is 5.91 Å². The van der Waals surface area contributed by atoms with Crippen molar-refractivity contribution >= 4 is 28.3 Å². The number of methoxy groups -OCH3 is 2. The maximum Gasteiger partial charge on any atom is 0.357 e. The molecule has 0 spiro atoms. The number of H-pyrrole nitrogens is 1. The number of para-hydroxylation sites is 1. The van der Waals surface area contributed by atoms with E-state index in [4.69, 9.17) is 9.47 Å². The van der Waals surface area contributed by atoms with Gasteiger partial charge in [-0.1, -0.05) is 26.0 Å². The molecule has 2 N–H and O–H groups in total. The van der Waals surface area contributed by atoms with E-state index in [1.165, 1.54) is 18.4 Å². The number of carbonyl (C=O) groups excluding carboxylic acids is 2. The number of esters is 1. The summed E-state index contributed by atoms with van der Waals surface area (Å²) in [5.74, 6) is -0.207. The maximum atomic E-state index is 12.6. The lowest BCUT2D eigenvalue weighted by molar-refractivity contribution is 0.0593. The Labute approximate surface area is 165 Å². The quantitative estimate of drug-likeness (QED) is 0.611. The number of ether oxygens (including phenoxy) is 2. The molecule has 0 unspecified atom stereocenters. The number of hydrogen-bond donors (Lipinski definition) is 2. The lowest BCUT2D eigenvalue weighted by Gasteiger charge is -2.04. The van der Waals surface area contributed by atoms with Gasteiger partial charge >= 0.3 is 5.97 Å². The summed E-state index contributed by atoms with van der Waals surface area (Å²) in [6.45, 7) is 3.89. The number of aromatic nitrogens is 3. The molecule has 0 aliphatic carbocycles. The molecule has 0 radical (unpaired) electrons. The molecule has 0 fully saturated rings. The summed E-state index contributed by atoms with van der Waals surface area (Å²) < 4.78 is 10.1. The van der Waals surface area contributed by atoms with Crippen LogP contribution in [0.25, 0.3) is 11.3 Å². The van der Waals surface area contributed by atoms with Crippen LogP contribution in [-0.4, -0.2) is 41.3 Å². The zero-order valence-electron chi connectivity index (χ0n) is 15.9. The first-order valence-corrected chi connectivity index (χ1v) is 9.35. The number of aromatic amines is 1. The molecule has 28 heavy (non-hydrogen) atoms. The summed E-state index contributed by atoms with van der Waals surface area (Å²) in [6, 6.07) is 9.03. The van der Waals surface area contributed by atoms with Crippen LogP contribution < -0.4 is 10.1 Å². The van der Waals surface area contributed by atoms with Crippen LogP contribution in [0.15, 0.2) is 30.3 Å². The first-order valence-electron chi connectivity index (χ1n) is 8.53. The van der Waals surface area contributed by atoms with Crippen LogP contribution in [0.4, 0.5) is 5.13 Å². The highest BCUT2D eigenvalue weighted by Gasteiger charge is 2.22. The van der Waals surface area contributed by atoms with Crippen LogP contribution in [-0.2, 0) is 4.74 Å². The number of rotatable bonds is 6. The van der Waals surface area contributed by atoms with Gasteiger partial charge in [0, 0.05) is 10.4 Å². The highest BCUT2D eigenvalue weighted by molar-refractivity contribution is 7.16. The summed E-state index contributed by atoms with van der Waals surface area (Å²) >= 11 is 1.25. The molecule has 0 aliphatic heterocycles. The summed E-state index contributed by atoms with van der Waals surface area (Å²) in [5.41, 5.74) is 1.84. The molecule has 1 amide bonds. The third-order valence-corrected chi connectivity index (χ3v) is 5.25. The molecule has 0 saturated heterocycles. The summed E-state index contributed by atoms with van der Waals surface area (Å²) in [5, 5.41) is 9.94. The van der Waals surface area contributed by atoms with Crippen molar-refractivity contribution in [3.8, 4) is 17.0 Å². The van der Waals surface area contributed by atoms with E-state index in [1.807, 2.05) is 38.1 Å². The van der Waals surface area contributed by atoms with E-state index < -0.39 is 11.9 Å². The molecule has 3 aromatic rings. The fourth-order valence-corrected chi connectivity index (χ4v) is 3.57. The molecular weight excluding hydrogens is 380 g/mol. The Morgan fingerprint density at radius 2 is 1.96 bits per heavy atom. The molecule has 8 nitrogen and oxygen atoms in total. The largest absolute Gasteiger partial charge is 0.496 e. The van der Waals surface area contributed by atoms with Gasteiger partial charge in [-0.05, 0) is 24.1 Å². The molecule has 3 rings (SSSR count). The van der Waals surface area contributed by atoms with Crippen LogP contribution >= 0.6 is 11.3 Å². The average molecular weight is 400 g/mol. The van der Waals surface area contributed by atoms with Gasteiger partial charge in [-0.15, -0.1) is 11.3 Å². The molecule has 1 aromatic carbocycles. The lowest BCUT2D eigenvalue weighted by atomic mass is 10.1. The minimum Gasteiger partial charge on any atom is -0.496 e. The number of amides is 1. The van der Waals surface area contributed by atoms with E-state index in [9.17, 15) is 9.59 Å². The fourth-order valence-electron chi connectivity index (χ4n) is 2.62. The number of nitrogens with one attached hydrogen (secondary N) is 2. The minimum atomic E-state index is -0.527. The Kier molecular flexibility index (Phi) is 5.74. The van der Waals surface area contributed by atoms with Gasteiger partial charge in [0.05, 0.1) is 19.9 Å². The Morgan fingerprint density at radius 3 is 2.64 bits per heavy atom. The van der Waals surface area contributed by atoms with Gasteiger partial charge in [0.1, 0.15) is 11.4 Å². The number of hydrogen-bond acceptors (Lipinski definition) is 7. The van der Waals surface area contributed by atoms with Crippen LogP contribution in [0.3, 0.4) is 0 Å². The Hall–Kier alpha value is -3.20. The molecule has 0 saturated carbocycles. The Bertz CT molecular complexity index is 1010. The van der Waals surface area contributed by atoms with Crippen LogP contribution in [0.1, 0.15) is 45.6 Å². The first-order chi connectivity index (χ1) is 13.4. The highest BCUT2D eigenvalue weighted by atomic mass is 32.1. The SMILES string of the molecule is COC(=O)c1nc(NC(=O)c2cc(-c3ccccc3OC)n[nH]2)sc1C(C)C. The molecule has 146 valence electrons. The molecule has 0 bridgehead atoms. The van der Waals surface area contributed by atoms with Crippen molar-refractivity contribution in [2.45, 2.75) is 19.8 Å². The zero-order chi connectivity index (χ0) is 20.3. The van der Waals surface area contributed by atoms with Gasteiger partial charge in [-0.25, -0.2) is 9.78 Å². The monoisotopic (exact) mass is 400 g/mol. The van der Waals surface area contributed by atoms with Crippen molar-refractivity contribution in [1.82, 2.24) is 15.2 Å². The standard InChI is InChI=1S/C19H20N4O4S/c1-10(2)16-15(18(25)27-4)20-19(28-16)21-17(24)13-9-12(22-23-13)11-7-5-6-8-14(11)26-3/h5-10H,1-4H3,(H,22,23)(H,20,21,24). The van der Waals surface area contributed by atoms with Crippen LogP contribution in [0, 0.1) is 0 Å². The van der Waals surface area contributed by atoms with E-state index >= 15 is 0 Å². The second kappa shape index (κ2) is 8.22. The molecular formula is C19H20N4O4S. The third kappa shape index (κ3) is 3.89. The van der Waals surface area contributed by atoms with Crippen LogP contribution in [0.5, 0.6) is 5.75 Å². The van der Waals surface area contributed by atoms with Gasteiger partial charge in [0.2, 0.25) is 0 Å². The van der Waals surface area contributed by atoms with Crippen molar-refractivity contribution in [3.05, 3.63) is 46.6 Å². The number of thiazole rings is 1. The number of benzene rings is 1. The van der Waals surface area contributed by atoms with E-state index in [1.54, 1.807) is 13.2 Å². The minimum absolute atomic E-state index is 0.0709. The van der Waals surface area contributed by atoms with Crippen molar-refractivity contribution in [3.63, 3.8) is 0 Å². The average Bonchev–Trinajstić information content (AvgIpc) is 3.35. The predicted octanol–water partition coefficient (Wildman–Crippen LogP) is 3.70. The van der Waals surface area contributed by atoms with E-state index in [0.29, 0.717) is 16.6 Å². The molecule has 0 atom stereocenters. The smallest absolute Gasteiger partial charge is 0.357 e. The van der Waals surface area contributed by atoms with Crippen LogP contribution in [0.2, 0.25) is 0 Å². The predicted molar refractivity (Wildman–Crippen MR) is 106 cm³/mol. The van der Waals surface area contributed by atoms with Gasteiger partial charge < -0.3 is 9.47 Å². The lowest BCUT2D eigenvalue weighted by Crippen LogP contribution is -2.12. The van der Waals surface area contributed by atoms with Crippen molar-refractivity contribution < 1.29 is 19.1 Å². The second-order valence-corrected chi connectivity index (χ2v) is 7.23. The molecule has 2 aromatic heterocycles. The zero-order valence-corrected chi connectivity index (χ0v) is 16.7. The van der Waals surface area contributed by atoms with E-state index in [0.717, 1.165) is 10.4 Å². The Balaban J connectivity index is 1.83. The van der Waals surface area contributed by atoms with Crippen molar-refractivity contribution in [1.29, 1.82) is 0 Å². The summed E-state index contributed by atoms with van der Waals surface area (Å²) in [6.07, 6.45) is 0. The fraction of sp³-hybridized carbons (Fsp3) is 0.263. The second-order valence-electron chi connectivity index (χ2n) is 6.20. The van der Waals surface area contributed by atoms with E-state index in [2.05, 4.69) is 20.5 Å². The third-order valence-electron chi connectivity index (χ3n) is 3.98. The van der Waals surface area contributed by atoms with Gasteiger partial charge in [-0.2, -0.15) is 5.10 Å². The van der Waals surface area contributed by atoms with Crippen molar-refractivity contribution in [2.75, 3.05) is 19.5 Å².